The van der Waals surface area contributed by atoms with Gasteiger partial charge in [-0.3, -0.25) is 0 Å². The average Bonchev–Trinajstić information content (AvgIpc) is 2.47. The molecule has 0 aliphatic heterocycles. The van der Waals surface area contributed by atoms with E-state index in [1.165, 1.54) is 17.5 Å². The molecule has 94 valence electrons. The monoisotopic (exact) mass is 239 g/mol. The molecule has 2 unspecified atom stereocenters. The average molecular weight is 239 g/mol. The molecular weight excluding hydrogens is 218 g/mol. The molecule has 0 spiro atoms. The van der Waals surface area contributed by atoms with Gasteiger partial charge in [-0.15, -0.1) is 0 Å². The molecule has 1 nitrogen and oxygen atoms in total. The maximum atomic E-state index is 6.27. The van der Waals surface area contributed by atoms with Crippen LogP contribution in [0.25, 0.3) is 0 Å². The Morgan fingerprint density at radius 2 is 1.33 bits per heavy atom. The van der Waals surface area contributed by atoms with Gasteiger partial charge in [0.05, 0.1) is 6.04 Å². The molecule has 0 saturated carbocycles. The highest BCUT2D eigenvalue weighted by Gasteiger charge is 2.09. The third-order valence-electron chi connectivity index (χ3n) is 3.64. The predicted molar refractivity (Wildman–Crippen MR) is 77.6 cm³/mol. The molecule has 0 aliphatic carbocycles. The smallest absolute Gasteiger partial charge is 0.0551 e. The Balaban J connectivity index is 2.19. The summed E-state index contributed by atoms with van der Waals surface area (Å²) in [6.45, 7) is 4.47. The van der Waals surface area contributed by atoms with Crippen molar-refractivity contribution < 1.29 is 0 Å². The van der Waals surface area contributed by atoms with Gasteiger partial charge in [-0.05, 0) is 29.0 Å². The number of hydrogen-bond acceptors (Lipinski definition) is 1. The second-order valence-corrected chi connectivity index (χ2v) is 4.86. The third-order valence-corrected chi connectivity index (χ3v) is 3.64. The van der Waals surface area contributed by atoms with Crippen LogP contribution < -0.4 is 5.73 Å². The molecule has 18 heavy (non-hydrogen) atoms. The zero-order valence-electron chi connectivity index (χ0n) is 11.1. The first-order chi connectivity index (χ1) is 8.72. The second-order valence-electron chi connectivity index (χ2n) is 4.86. The summed E-state index contributed by atoms with van der Waals surface area (Å²) < 4.78 is 0. The molecule has 0 bridgehead atoms. The standard InChI is InChI=1S/C17H21N/c1-3-13(2)14-9-11-16(12-10-14)17(18)15-7-5-4-6-8-15/h4-13,17H,3,18H2,1-2H3. The largest absolute Gasteiger partial charge is 0.320 e. The van der Waals surface area contributed by atoms with Gasteiger partial charge >= 0.3 is 0 Å². The lowest BCUT2D eigenvalue weighted by molar-refractivity contribution is 0.732. The van der Waals surface area contributed by atoms with Crippen LogP contribution in [-0.4, -0.2) is 0 Å². The van der Waals surface area contributed by atoms with Crippen LogP contribution in [0.4, 0.5) is 0 Å². The molecule has 0 heterocycles. The Kier molecular flexibility index (Phi) is 4.16. The Labute approximate surface area is 110 Å². The van der Waals surface area contributed by atoms with E-state index in [4.69, 9.17) is 5.73 Å². The minimum Gasteiger partial charge on any atom is -0.320 e. The van der Waals surface area contributed by atoms with Gasteiger partial charge < -0.3 is 5.73 Å². The summed E-state index contributed by atoms with van der Waals surface area (Å²) in [6.07, 6.45) is 1.17. The van der Waals surface area contributed by atoms with Gasteiger partial charge in [0.25, 0.3) is 0 Å². The SMILES string of the molecule is CCC(C)c1ccc(C(N)c2ccccc2)cc1. The lowest BCUT2D eigenvalue weighted by Gasteiger charge is -2.14. The first-order valence-electron chi connectivity index (χ1n) is 6.62. The molecule has 0 aliphatic rings. The number of hydrogen-bond donors (Lipinski definition) is 1. The highest BCUT2D eigenvalue weighted by atomic mass is 14.6. The second kappa shape index (κ2) is 5.83. The zero-order valence-corrected chi connectivity index (χ0v) is 11.1. The molecule has 2 aromatic carbocycles. The Morgan fingerprint density at radius 1 is 0.833 bits per heavy atom. The lowest BCUT2D eigenvalue weighted by atomic mass is 9.94. The Bertz CT molecular complexity index is 473. The van der Waals surface area contributed by atoms with Gasteiger partial charge in [0.15, 0.2) is 0 Å². The van der Waals surface area contributed by atoms with Crippen LogP contribution in [0, 0.1) is 0 Å². The van der Waals surface area contributed by atoms with Crippen LogP contribution in [-0.2, 0) is 0 Å². The van der Waals surface area contributed by atoms with Crippen molar-refractivity contribution in [1.82, 2.24) is 0 Å². The fraction of sp³-hybridized carbons (Fsp3) is 0.294. The van der Waals surface area contributed by atoms with Crippen molar-refractivity contribution in [2.24, 2.45) is 5.73 Å². The van der Waals surface area contributed by atoms with E-state index in [-0.39, 0.29) is 6.04 Å². The van der Waals surface area contributed by atoms with Crippen LogP contribution in [0.15, 0.2) is 54.6 Å². The Morgan fingerprint density at radius 3 is 1.89 bits per heavy atom. The quantitative estimate of drug-likeness (QED) is 0.848. The van der Waals surface area contributed by atoms with Gasteiger partial charge in [-0.2, -0.15) is 0 Å². The van der Waals surface area contributed by atoms with Crippen molar-refractivity contribution >= 4 is 0 Å². The van der Waals surface area contributed by atoms with Crippen molar-refractivity contribution in [2.75, 3.05) is 0 Å². The highest BCUT2D eigenvalue weighted by molar-refractivity contribution is 5.33. The van der Waals surface area contributed by atoms with Crippen molar-refractivity contribution in [2.45, 2.75) is 32.2 Å². The minimum absolute atomic E-state index is 0.0304. The third kappa shape index (κ3) is 2.80. The molecular formula is C17H21N. The fourth-order valence-corrected chi connectivity index (χ4v) is 2.12. The van der Waals surface area contributed by atoms with Crippen LogP contribution in [0.3, 0.4) is 0 Å². The summed E-state index contributed by atoms with van der Waals surface area (Å²) in [5.74, 6) is 0.618. The maximum absolute atomic E-state index is 6.27. The number of rotatable bonds is 4. The molecule has 0 fully saturated rings. The first-order valence-corrected chi connectivity index (χ1v) is 6.62. The first kappa shape index (κ1) is 12.8. The number of nitrogens with two attached hydrogens (primary N) is 1. The normalized spacial score (nSPS) is 14.2. The van der Waals surface area contributed by atoms with Crippen molar-refractivity contribution in [1.29, 1.82) is 0 Å². The molecule has 0 aromatic heterocycles. The molecule has 2 aromatic rings. The minimum atomic E-state index is -0.0304. The zero-order chi connectivity index (χ0) is 13.0. The van der Waals surface area contributed by atoms with Crippen LogP contribution in [0.5, 0.6) is 0 Å². The summed E-state index contributed by atoms with van der Waals surface area (Å²) >= 11 is 0. The van der Waals surface area contributed by atoms with E-state index >= 15 is 0 Å². The van der Waals surface area contributed by atoms with E-state index in [0.29, 0.717) is 5.92 Å². The molecule has 1 heteroatoms. The highest BCUT2D eigenvalue weighted by Crippen LogP contribution is 2.23. The van der Waals surface area contributed by atoms with E-state index < -0.39 is 0 Å². The van der Waals surface area contributed by atoms with E-state index in [9.17, 15) is 0 Å². The van der Waals surface area contributed by atoms with Crippen LogP contribution >= 0.6 is 0 Å². The topological polar surface area (TPSA) is 26.0 Å². The van der Waals surface area contributed by atoms with Gasteiger partial charge in [-0.1, -0.05) is 68.4 Å². The summed E-state index contributed by atoms with van der Waals surface area (Å²) in [5.41, 5.74) is 10.0. The summed E-state index contributed by atoms with van der Waals surface area (Å²) in [7, 11) is 0. The van der Waals surface area contributed by atoms with Crippen molar-refractivity contribution in [3.8, 4) is 0 Å². The molecule has 2 N–H and O–H groups in total. The van der Waals surface area contributed by atoms with E-state index in [1.807, 2.05) is 18.2 Å². The van der Waals surface area contributed by atoms with Gasteiger partial charge in [-0.25, -0.2) is 0 Å². The summed E-state index contributed by atoms with van der Waals surface area (Å²) in [4.78, 5) is 0. The molecule has 2 rings (SSSR count). The fourth-order valence-electron chi connectivity index (χ4n) is 2.12. The van der Waals surface area contributed by atoms with E-state index in [2.05, 4.69) is 50.2 Å². The summed E-state index contributed by atoms with van der Waals surface area (Å²) in [6, 6.07) is 18.9. The van der Waals surface area contributed by atoms with Crippen LogP contribution in [0.1, 0.15) is 48.9 Å². The molecule has 0 amide bonds. The van der Waals surface area contributed by atoms with Crippen molar-refractivity contribution in [3.05, 3.63) is 71.3 Å². The predicted octanol–water partition coefficient (Wildman–Crippen LogP) is 4.25. The van der Waals surface area contributed by atoms with Gasteiger partial charge in [0.2, 0.25) is 0 Å². The molecule has 2 atom stereocenters. The molecule has 0 radical (unpaired) electrons. The van der Waals surface area contributed by atoms with Gasteiger partial charge in [0.1, 0.15) is 0 Å². The van der Waals surface area contributed by atoms with E-state index in [0.717, 1.165) is 5.56 Å². The summed E-state index contributed by atoms with van der Waals surface area (Å²) in [5, 5.41) is 0. The van der Waals surface area contributed by atoms with Gasteiger partial charge in [0, 0.05) is 0 Å². The number of benzene rings is 2. The molecule has 0 saturated heterocycles. The van der Waals surface area contributed by atoms with E-state index in [1.54, 1.807) is 0 Å². The Hall–Kier alpha value is -1.60. The lowest BCUT2D eigenvalue weighted by Crippen LogP contribution is -2.11. The maximum Gasteiger partial charge on any atom is 0.0551 e. The van der Waals surface area contributed by atoms with Crippen molar-refractivity contribution in [3.63, 3.8) is 0 Å². The van der Waals surface area contributed by atoms with Crippen LogP contribution in [0.2, 0.25) is 0 Å².